The van der Waals surface area contributed by atoms with Gasteiger partial charge in [-0.15, -0.1) is 0 Å². The Morgan fingerprint density at radius 1 is 1.27 bits per heavy atom. The normalized spacial score (nSPS) is 17.3. The van der Waals surface area contributed by atoms with Crippen molar-refractivity contribution < 1.29 is 0 Å². The van der Waals surface area contributed by atoms with Gasteiger partial charge in [0, 0.05) is 4.47 Å². The van der Waals surface area contributed by atoms with E-state index in [1.54, 1.807) is 0 Å². The van der Waals surface area contributed by atoms with Crippen LogP contribution in [0.5, 0.6) is 0 Å². The molecule has 1 aliphatic carbocycles. The Morgan fingerprint density at radius 3 is 2.33 bits per heavy atom. The Bertz CT molecular complexity index is 464. The summed E-state index contributed by atoms with van der Waals surface area (Å²) in [5, 5.41) is 9.25. The van der Waals surface area contributed by atoms with Crippen LogP contribution in [0.15, 0.2) is 10.5 Å². The lowest BCUT2D eigenvalue weighted by molar-refractivity contribution is 0.878. The van der Waals surface area contributed by atoms with Crippen LogP contribution < -0.4 is 0 Å². The fraction of sp³-hybridized carbons (Fsp3) is 0.462. The van der Waals surface area contributed by atoms with Crippen LogP contribution in [0.4, 0.5) is 0 Å². The number of nitrogens with zero attached hydrogens (tertiary/aromatic N) is 1. The topological polar surface area (TPSA) is 23.8 Å². The largest absolute Gasteiger partial charge is 0.197 e. The summed E-state index contributed by atoms with van der Waals surface area (Å²) in [5.41, 5.74) is 4.83. The molecule has 0 aliphatic heterocycles. The van der Waals surface area contributed by atoms with Gasteiger partial charge in [0.2, 0.25) is 0 Å². The molecule has 0 radical (unpaired) electrons. The van der Waals surface area contributed by atoms with E-state index in [-0.39, 0.29) is 5.41 Å². The van der Waals surface area contributed by atoms with Gasteiger partial charge in [0.15, 0.2) is 0 Å². The minimum absolute atomic E-state index is 0.176. The van der Waals surface area contributed by atoms with E-state index in [0.29, 0.717) is 0 Å². The molecule has 0 unspecified atom stereocenters. The van der Waals surface area contributed by atoms with Gasteiger partial charge in [-0.3, -0.25) is 0 Å². The molecule has 0 saturated heterocycles. The first-order valence-corrected chi connectivity index (χ1v) is 5.99. The van der Waals surface area contributed by atoms with Gasteiger partial charge in [-0.2, -0.15) is 5.26 Å². The van der Waals surface area contributed by atoms with Crippen LogP contribution in [0.3, 0.4) is 0 Å². The smallest absolute Gasteiger partial charge is 0.0829 e. The molecular weight excluding hydrogens is 250 g/mol. The highest BCUT2D eigenvalue weighted by Gasteiger charge is 2.47. The monoisotopic (exact) mass is 263 g/mol. The molecule has 1 aromatic carbocycles. The maximum absolute atomic E-state index is 9.25. The van der Waals surface area contributed by atoms with E-state index in [0.717, 1.165) is 17.3 Å². The van der Waals surface area contributed by atoms with Gasteiger partial charge in [-0.1, -0.05) is 22.0 Å². The maximum Gasteiger partial charge on any atom is 0.0829 e. The SMILES string of the molecule is Cc1cc(C)c(C2(C#N)CC2)c(C)c1Br. The molecule has 1 nitrogen and oxygen atoms in total. The first kappa shape index (κ1) is 10.7. The number of halogens is 1. The fourth-order valence-corrected chi connectivity index (χ4v) is 2.75. The zero-order valence-corrected chi connectivity index (χ0v) is 10.9. The van der Waals surface area contributed by atoms with Crippen LogP contribution in [-0.2, 0) is 5.41 Å². The van der Waals surface area contributed by atoms with E-state index >= 15 is 0 Å². The van der Waals surface area contributed by atoms with Crippen molar-refractivity contribution >= 4 is 15.9 Å². The maximum atomic E-state index is 9.25. The van der Waals surface area contributed by atoms with E-state index in [9.17, 15) is 5.26 Å². The third kappa shape index (κ3) is 1.50. The lowest BCUT2D eigenvalue weighted by atomic mass is 9.88. The Balaban J connectivity index is 2.68. The molecule has 1 saturated carbocycles. The van der Waals surface area contributed by atoms with Crippen molar-refractivity contribution in [2.24, 2.45) is 0 Å². The van der Waals surface area contributed by atoms with Crippen LogP contribution in [0, 0.1) is 32.1 Å². The van der Waals surface area contributed by atoms with Gasteiger partial charge in [0.25, 0.3) is 0 Å². The third-order valence-electron chi connectivity index (χ3n) is 3.32. The molecule has 15 heavy (non-hydrogen) atoms. The summed E-state index contributed by atoms with van der Waals surface area (Å²) in [7, 11) is 0. The molecule has 0 bridgehead atoms. The quantitative estimate of drug-likeness (QED) is 0.753. The molecule has 2 heteroatoms. The summed E-state index contributed by atoms with van der Waals surface area (Å²) in [6, 6.07) is 4.65. The highest BCUT2D eigenvalue weighted by molar-refractivity contribution is 9.10. The molecule has 0 atom stereocenters. The number of benzene rings is 1. The lowest BCUT2D eigenvalue weighted by Crippen LogP contribution is -2.09. The van der Waals surface area contributed by atoms with Gasteiger partial charge in [0.05, 0.1) is 11.5 Å². The van der Waals surface area contributed by atoms with E-state index in [1.807, 2.05) is 0 Å². The van der Waals surface area contributed by atoms with Crippen molar-refractivity contribution in [3.05, 3.63) is 32.8 Å². The first-order chi connectivity index (χ1) is 7.02. The second-order valence-corrected chi connectivity index (χ2v) is 5.31. The zero-order chi connectivity index (χ0) is 11.2. The molecule has 2 rings (SSSR count). The highest BCUT2D eigenvalue weighted by Crippen LogP contribution is 2.51. The Hall–Kier alpha value is -0.810. The molecule has 1 aromatic rings. The summed E-state index contributed by atoms with van der Waals surface area (Å²) in [6.45, 7) is 6.32. The van der Waals surface area contributed by atoms with Gasteiger partial charge in [-0.25, -0.2) is 0 Å². The van der Waals surface area contributed by atoms with Crippen molar-refractivity contribution in [3.8, 4) is 6.07 Å². The Morgan fingerprint density at radius 2 is 1.87 bits per heavy atom. The number of hydrogen-bond acceptors (Lipinski definition) is 1. The average molecular weight is 264 g/mol. The molecule has 0 spiro atoms. The molecule has 1 aliphatic rings. The van der Waals surface area contributed by atoms with Crippen molar-refractivity contribution in [2.75, 3.05) is 0 Å². The summed E-state index contributed by atoms with van der Waals surface area (Å²) < 4.78 is 1.16. The second kappa shape index (κ2) is 3.35. The Kier molecular flexibility index (Phi) is 2.39. The molecule has 78 valence electrons. The minimum Gasteiger partial charge on any atom is -0.197 e. The number of hydrogen-bond donors (Lipinski definition) is 0. The predicted molar refractivity (Wildman–Crippen MR) is 64.9 cm³/mol. The van der Waals surface area contributed by atoms with E-state index < -0.39 is 0 Å². The molecule has 0 N–H and O–H groups in total. The standard InChI is InChI=1S/C13H14BrN/c1-8-6-9(2)12(14)10(3)11(8)13(7-15)4-5-13/h6H,4-5H2,1-3H3. The van der Waals surface area contributed by atoms with Crippen LogP contribution in [0.25, 0.3) is 0 Å². The summed E-state index contributed by atoms with van der Waals surface area (Å²) >= 11 is 3.60. The molecule has 1 fully saturated rings. The van der Waals surface area contributed by atoms with Gasteiger partial charge >= 0.3 is 0 Å². The average Bonchev–Trinajstić information content (AvgIpc) is 2.96. The zero-order valence-electron chi connectivity index (χ0n) is 9.32. The fourth-order valence-electron chi connectivity index (χ4n) is 2.44. The summed E-state index contributed by atoms with van der Waals surface area (Å²) in [5.74, 6) is 0. The van der Waals surface area contributed by atoms with Gasteiger partial charge < -0.3 is 0 Å². The van der Waals surface area contributed by atoms with Crippen LogP contribution in [0.2, 0.25) is 0 Å². The van der Waals surface area contributed by atoms with Gasteiger partial charge in [0.1, 0.15) is 0 Å². The van der Waals surface area contributed by atoms with E-state index in [2.05, 4.69) is 48.8 Å². The van der Waals surface area contributed by atoms with Gasteiger partial charge in [-0.05, 0) is 55.9 Å². The number of rotatable bonds is 1. The van der Waals surface area contributed by atoms with Crippen LogP contribution in [0.1, 0.15) is 35.1 Å². The van der Waals surface area contributed by atoms with Crippen molar-refractivity contribution in [1.82, 2.24) is 0 Å². The van der Waals surface area contributed by atoms with Crippen LogP contribution >= 0.6 is 15.9 Å². The Labute approximate surface area is 99.2 Å². The predicted octanol–water partition coefficient (Wildman–Crippen LogP) is 3.93. The molecule has 0 amide bonds. The van der Waals surface area contributed by atoms with Crippen molar-refractivity contribution in [1.29, 1.82) is 5.26 Å². The number of aryl methyl sites for hydroxylation is 2. The summed E-state index contributed by atoms with van der Waals surface area (Å²) in [4.78, 5) is 0. The van der Waals surface area contributed by atoms with E-state index in [4.69, 9.17) is 0 Å². The lowest BCUT2D eigenvalue weighted by Gasteiger charge is -2.17. The van der Waals surface area contributed by atoms with Crippen molar-refractivity contribution in [2.45, 2.75) is 39.0 Å². The first-order valence-electron chi connectivity index (χ1n) is 5.20. The molecule has 0 aromatic heterocycles. The van der Waals surface area contributed by atoms with E-state index in [1.165, 1.54) is 22.3 Å². The molecular formula is C13H14BrN. The highest BCUT2D eigenvalue weighted by atomic mass is 79.9. The van der Waals surface area contributed by atoms with Crippen LogP contribution in [-0.4, -0.2) is 0 Å². The second-order valence-electron chi connectivity index (χ2n) is 4.52. The minimum atomic E-state index is -0.176. The molecule has 0 heterocycles. The third-order valence-corrected chi connectivity index (χ3v) is 4.54. The number of nitriles is 1. The van der Waals surface area contributed by atoms with Crippen molar-refractivity contribution in [3.63, 3.8) is 0 Å². The summed E-state index contributed by atoms with van der Waals surface area (Å²) in [6.07, 6.45) is 2.03.